The van der Waals surface area contributed by atoms with Crippen LogP contribution in [-0.2, 0) is 42.7 Å². The Bertz CT molecular complexity index is 883. The number of methoxy groups -OCH3 is 2. The number of cyclic esters (lactones) is 1. The Morgan fingerprint density at radius 2 is 1.67 bits per heavy atom. The first kappa shape index (κ1) is 37.5. The SMILES string of the molecule is CCOC(C[C@@H]1C[C@@H](C)CCC(=O)OC[C@@H](COC2OC(C)C(O)C(OC)C2OC)/C=C(C)/C=C/C(=O)[C@H](C)C1)OCC. The van der Waals surface area contributed by atoms with Crippen LogP contribution in [0, 0.1) is 23.7 Å². The zero-order valence-electron chi connectivity index (χ0n) is 27.5. The molecule has 0 bridgehead atoms. The number of hydrogen-bond acceptors (Lipinski definition) is 10. The van der Waals surface area contributed by atoms with Gasteiger partial charge in [0.2, 0.25) is 0 Å². The van der Waals surface area contributed by atoms with E-state index < -0.39 is 30.7 Å². The fraction of sp³-hybridized carbons (Fsp3) is 0.818. The number of rotatable bonds is 11. The molecule has 0 aromatic rings. The zero-order chi connectivity index (χ0) is 31.9. The molecular formula is C33H56O10. The quantitative estimate of drug-likeness (QED) is 0.262. The lowest BCUT2D eigenvalue weighted by Gasteiger charge is -2.42. The average Bonchev–Trinajstić information content (AvgIpc) is 2.97. The van der Waals surface area contributed by atoms with E-state index in [4.69, 9.17) is 33.2 Å². The number of aliphatic hydroxyl groups is 1. The largest absolute Gasteiger partial charge is 0.465 e. The Morgan fingerprint density at radius 3 is 2.30 bits per heavy atom. The Labute approximate surface area is 258 Å². The monoisotopic (exact) mass is 612 g/mol. The first-order valence-corrected chi connectivity index (χ1v) is 15.8. The summed E-state index contributed by atoms with van der Waals surface area (Å²) in [5, 5.41) is 10.5. The third kappa shape index (κ3) is 12.7. The van der Waals surface area contributed by atoms with Gasteiger partial charge >= 0.3 is 5.97 Å². The maximum atomic E-state index is 13.1. The number of allylic oxidation sites excluding steroid dienone is 3. The van der Waals surface area contributed by atoms with E-state index in [1.54, 1.807) is 19.1 Å². The molecule has 0 saturated carbocycles. The van der Waals surface area contributed by atoms with Crippen LogP contribution < -0.4 is 0 Å². The van der Waals surface area contributed by atoms with Gasteiger partial charge in [0.25, 0.3) is 0 Å². The lowest BCUT2D eigenvalue weighted by atomic mass is 9.83. The average molecular weight is 613 g/mol. The van der Waals surface area contributed by atoms with Gasteiger partial charge in [-0.05, 0) is 64.9 Å². The summed E-state index contributed by atoms with van der Waals surface area (Å²) in [5.41, 5.74) is 0.849. The highest BCUT2D eigenvalue weighted by Gasteiger charge is 2.45. The topological polar surface area (TPSA) is 119 Å². The molecule has 2 rings (SSSR count). The standard InChI is InChI=1S/C33H56O10/c1-9-39-29(40-10-2)18-25-15-22(4)12-14-28(35)41-19-26(16-21(3)11-13-27(34)23(5)17-25)20-42-33-32(38-8)31(37-7)30(36)24(6)43-33/h11,13,16,22-26,29-33,36H,9-10,12,14-15,17-20H2,1-8H3/b13-11+,21-16+/t22-,23+,24?,25+,26-,30?,31?,32?,33?/m0/s1. The molecule has 10 heteroatoms. The number of esters is 1. The molecule has 0 radical (unpaired) electrons. The summed E-state index contributed by atoms with van der Waals surface area (Å²) in [4.78, 5) is 25.9. The van der Waals surface area contributed by atoms with Crippen LogP contribution in [0.4, 0.5) is 0 Å². The first-order chi connectivity index (χ1) is 20.5. The van der Waals surface area contributed by atoms with Gasteiger partial charge in [0.15, 0.2) is 18.4 Å². The van der Waals surface area contributed by atoms with Crippen molar-refractivity contribution in [2.45, 2.75) is 111 Å². The molecule has 2 aliphatic rings. The van der Waals surface area contributed by atoms with Crippen molar-refractivity contribution in [3.05, 3.63) is 23.8 Å². The van der Waals surface area contributed by atoms with Gasteiger partial charge in [0.05, 0.1) is 19.3 Å². The first-order valence-electron chi connectivity index (χ1n) is 15.8. The van der Waals surface area contributed by atoms with Gasteiger partial charge in [0, 0.05) is 52.1 Å². The molecule has 0 spiro atoms. The molecule has 248 valence electrons. The van der Waals surface area contributed by atoms with E-state index in [9.17, 15) is 14.7 Å². The third-order valence-electron chi connectivity index (χ3n) is 8.23. The molecule has 0 aliphatic carbocycles. The molecule has 9 atom stereocenters. The number of carbonyl (C=O) groups excluding carboxylic acids is 2. The van der Waals surface area contributed by atoms with Crippen LogP contribution in [0.2, 0.25) is 0 Å². The van der Waals surface area contributed by atoms with Gasteiger partial charge < -0.3 is 38.3 Å². The molecule has 5 unspecified atom stereocenters. The lowest BCUT2D eigenvalue weighted by Crippen LogP contribution is -2.58. The molecular weight excluding hydrogens is 556 g/mol. The fourth-order valence-electron chi connectivity index (χ4n) is 5.86. The summed E-state index contributed by atoms with van der Waals surface area (Å²) in [6, 6.07) is 0. The van der Waals surface area contributed by atoms with Crippen molar-refractivity contribution < 1.29 is 47.9 Å². The third-order valence-corrected chi connectivity index (χ3v) is 8.23. The maximum absolute atomic E-state index is 13.1. The minimum atomic E-state index is -0.862. The van der Waals surface area contributed by atoms with Gasteiger partial charge in [-0.25, -0.2) is 0 Å². The van der Waals surface area contributed by atoms with Crippen LogP contribution in [0.15, 0.2) is 23.8 Å². The number of aliphatic hydroxyl groups excluding tert-OH is 1. The minimum absolute atomic E-state index is 0.0674. The molecule has 2 heterocycles. The zero-order valence-corrected chi connectivity index (χ0v) is 27.5. The van der Waals surface area contributed by atoms with Crippen molar-refractivity contribution in [1.29, 1.82) is 0 Å². The van der Waals surface area contributed by atoms with Crippen LogP contribution in [0.5, 0.6) is 0 Å². The molecule has 43 heavy (non-hydrogen) atoms. The predicted molar refractivity (Wildman–Crippen MR) is 162 cm³/mol. The summed E-state index contributed by atoms with van der Waals surface area (Å²) >= 11 is 0. The molecule has 0 aromatic heterocycles. The van der Waals surface area contributed by atoms with E-state index in [2.05, 4.69) is 6.92 Å². The van der Waals surface area contributed by atoms with E-state index in [1.807, 2.05) is 33.8 Å². The van der Waals surface area contributed by atoms with E-state index >= 15 is 0 Å². The van der Waals surface area contributed by atoms with Gasteiger partial charge in [-0.2, -0.15) is 0 Å². The Hall–Kier alpha value is -1.66. The summed E-state index contributed by atoms with van der Waals surface area (Å²) in [6.07, 6.45) is 4.91. The number of carbonyl (C=O) groups is 2. The lowest BCUT2D eigenvalue weighted by molar-refractivity contribution is -0.303. The Morgan fingerprint density at radius 1 is 1.00 bits per heavy atom. The van der Waals surface area contributed by atoms with E-state index in [0.29, 0.717) is 38.9 Å². The van der Waals surface area contributed by atoms with Crippen molar-refractivity contribution in [3.8, 4) is 0 Å². The van der Waals surface area contributed by atoms with Gasteiger partial charge in [0.1, 0.15) is 18.3 Å². The molecule has 0 aromatic carbocycles. The number of hydrogen-bond donors (Lipinski definition) is 1. The van der Waals surface area contributed by atoms with E-state index in [-0.39, 0.29) is 54.9 Å². The highest BCUT2D eigenvalue weighted by molar-refractivity contribution is 5.91. The highest BCUT2D eigenvalue weighted by Crippen LogP contribution is 2.30. The van der Waals surface area contributed by atoms with Crippen molar-refractivity contribution in [1.82, 2.24) is 0 Å². The Balaban J connectivity index is 2.19. The number of ketones is 1. The second kappa shape index (κ2) is 19.7. The van der Waals surface area contributed by atoms with Crippen molar-refractivity contribution in [2.24, 2.45) is 23.7 Å². The minimum Gasteiger partial charge on any atom is -0.465 e. The maximum Gasteiger partial charge on any atom is 0.305 e. The molecule has 2 aliphatic heterocycles. The molecule has 1 saturated heterocycles. The second-order valence-electron chi connectivity index (χ2n) is 12.0. The van der Waals surface area contributed by atoms with Crippen molar-refractivity contribution in [2.75, 3.05) is 40.6 Å². The second-order valence-corrected chi connectivity index (χ2v) is 12.0. The Kier molecular flexibility index (Phi) is 17.2. The van der Waals surface area contributed by atoms with E-state index in [1.165, 1.54) is 14.2 Å². The van der Waals surface area contributed by atoms with Crippen LogP contribution in [0.3, 0.4) is 0 Å². The van der Waals surface area contributed by atoms with Crippen LogP contribution in [-0.4, -0.2) is 94.5 Å². The summed E-state index contributed by atoms with van der Waals surface area (Å²) in [6.45, 7) is 13.1. The van der Waals surface area contributed by atoms with Gasteiger partial charge in [-0.15, -0.1) is 0 Å². The van der Waals surface area contributed by atoms with Crippen molar-refractivity contribution >= 4 is 11.8 Å². The van der Waals surface area contributed by atoms with Gasteiger partial charge in [-0.1, -0.05) is 31.6 Å². The number of ether oxygens (including phenoxy) is 7. The van der Waals surface area contributed by atoms with Crippen LogP contribution in [0.1, 0.15) is 73.6 Å². The molecule has 0 amide bonds. The molecule has 1 N–H and O–H groups in total. The van der Waals surface area contributed by atoms with Crippen LogP contribution >= 0.6 is 0 Å². The van der Waals surface area contributed by atoms with Crippen LogP contribution in [0.25, 0.3) is 0 Å². The van der Waals surface area contributed by atoms with Crippen molar-refractivity contribution in [3.63, 3.8) is 0 Å². The molecule has 1 fully saturated rings. The summed E-state index contributed by atoms with van der Waals surface area (Å²) in [7, 11) is 3.02. The normalized spacial score (nSPS) is 35.8. The van der Waals surface area contributed by atoms with E-state index in [0.717, 1.165) is 12.0 Å². The summed E-state index contributed by atoms with van der Waals surface area (Å²) in [5.74, 6) is -0.178. The molecule has 10 nitrogen and oxygen atoms in total. The highest BCUT2D eigenvalue weighted by atomic mass is 16.7. The van der Waals surface area contributed by atoms with Gasteiger partial charge in [-0.3, -0.25) is 9.59 Å². The fourth-order valence-corrected chi connectivity index (χ4v) is 5.86. The predicted octanol–water partition coefficient (Wildman–Crippen LogP) is 4.62. The smallest absolute Gasteiger partial charge is 0.305 e. The summed E-state index contributed by atoms with van der Waals surface area (Å²) < 4.78 is 40.3.